The van der Waals surface area contributed by atoms with Gasteiger partial charge in [0, 0.05) is 39.0 Å². The summed E-state index contributed by atoms with van der Waals surface area (Å²) in [6, 6.07) is 12.5. The van der Waals surface area contributed by atoms with Crippen LogP contribution in [0.5, 0.6) is 11.5 Å². The summed E-state index contributed by atoms with van der Waals surface area (Å²) in [5, 5.41) is 0. The molecule has 54 heavy (non-hydrogen) atoms. The standard InChI is InChI=1S/C36H38N6O10S2/c37-39-33-31(43)9-11-41(35(33)45)17-21-1-5-26(6-2-21)51-53(47,48)19-23-13-28-24-15-25(29(16-24)30(28)14-23)20-54(49,50)52-27-7-3-22(4-8-27)18-42-12-10-32(44)34(40-38)36(42)46/h1-8,23-25,28-30H,9-20H2. The number of Topliss-reactive ketones (excluding diaryl/α,β-unsaturated/α-hetero) is 2. The second-order valence-electron chi connectivity index (χ2n) is 14.9. The highest BCUT2D eigenvalue weighted by atomic mass is 32.2. The molecule has 3 aliphatic carbocycles. The first-order chi connectivity index (χ1) is 25.7. The van der Waals surface area contributed by atoms with Crippen molar-refractivity contribution >= 4 is 55.0 Å². The number of likely N-dealkylation sites (tertiary alicyclic amines) is 2. The molecule has 0 spiro atoms. The average Bonchev–Trinajstić information content (AvgIpc) is 3.81. The third kappa shape index (κ3) is 7.78. The van der Waals surface area contributed by atoms with Crippen LogP contribution in [0.3, 0.4) is 0 Å². The molecule has 2 amide bonds. The normalized spacial score (nSPS) is 26.9. The van der Waals surface area contributed by atoms with Gasteiger partial charge < -0.3 is 29.2 Å². The van der Waals surface area contributed by atoms with Gasteiger partial charge in [0.25, 0.3) is 11.6 Å². The highest BCUT2D eigenvalue weighted by Crippen LogP contribution is 2.62. The number of carbonyl (C=O) groups is 4. The first kappa shape index (κ1) is 37.3. The molecule has 2 heterocycles. The molecule has 2 saturated heterocycles. The smallest absolute Gasteiger partial charge is 0.382 e. The quantitative estimate of drug-likeness (QED) is 0.173. The highest BCUT2D eigenvalue weighted by Gasteiger charge is 2.57. The van der Waals surface area contributed by atoms with E-state index in [-0.39, 0.29) is 85.7 Å². The number of amides is 2. The largest absolute Gasteiger partial charge is 0.421 e. The molecular formula is C36H38N6O10S2. The van der Waals surface area contributed by atoms with Crippen LogP contribution in [0, 0.1) is 35.5 Å². The van der Waals surface area contributed by atoms with Crippen LogP contribution in [-0.2, 0) is 52.5 Å². The highest BCUT2D eigenvalue weighted by molar-refractivity contribution is 7.87. The van der Waals surface area contributed by atoms with E-state index in [1.165, 1.54) is 34.1 Å². The zero-order valence-corrected chi connectivity index (χ0v) is 30.8. The van der Waals surface area contributed by atoms with Gasteiger partial charge in [-0.2, -0.15) is 26.4 Å². The first-order valence-electron chi connectivity index (χ1n) is 17.8. The van der Waals surface area contributed by atoms with E-state index in [2.05, 4.69) is 9.58 Å². The molecule has 2 bridgehead atoms. The SMILES string of the molecule is [N-]=[N+]=C1C(=O)CCN(Cc2ccc(OS(=O)(=O)CC3CC4C5CC(CS(=O)(=O)Oc6ccc(CN7CCC(=O)C(=[N+]=[N-])C7=O)cc6)C(C5)C4C3)cc2)C1=O. The van der Waals surface area contributed by atoms with Crippen LogP contribution >= 0.6 is 0 Å². The maximum atomic E-state index is 13.2. The van der Waals surface area contributed by atoms with Crippen molar-refractivity contribution in [3.8, 4) is 11.5 Å². The van der Waals surface area contributed by atoms with E-state index in [4.69, 9.17) is 19.4 Å². The Labute approximate surface area is 311 Å². The molecule has 6 atom stereocenters. The minimum atomic E-state index is -3.94. The van der Waals surface area contributed by atoms with E-state index >= 15 is 0 Å². The molecule has 0 aromatic heterocycles. The predicted octanol–water partition coefficient (Wildman–Crippen LogP) is 2.05. The van der Waals surface area contributed by atoms with Crippen LogP contribution in [-0.4, -0.2) is 95.6 Å². The average molecular weight is 779 g/mol. The minimum absolute atomic E-state index is 0.0446. The lowest BCUT2D eigenvalue weighted by atomic mass is 9.76. The third-order valence-electron chi connectivity index (χ3n) is 11.5. The van der Waals surface area contributed by atoms with E-state index in [9.17, 15) is 36.0 Å². The van der Waals surface area contributed by atoms with Gasteiger partial charge >= 0.3 is 43.5 Å². The third-order valence-corrected chi connectivity index (χ3v) is 14.1. The van der Waals surface area contributed by atoms with Crippen LogP contribution in [0.15, 0.2) is 48.5 Å². The fraction of sp³-hybridized carbons (Fsp3) is 0.500. The molecule has 18 heteroatoms. The maximum absolute atomic E-state index is 13.2. The Balaban J connectivity index is 0.889. The number of benzene rings is 2. The zero-order valence-electron chi connectivity index (χ0n) is 29.2. The second kappa shape index (κ2) is 14.7. The molecule has 0 N–H and O–H groups in total. The molecule has 7 rings (SSSR count). The van der Waals surface area contributed by atoms with Gasteiger partial charge in [0.05, 0.1) is 11.5 Å². The van der Waals surface area contributed by atoms with Crippen molar-refractivity contribution < 1.29 is 54.0 Å². The van der Waals surface area contributed by atoms with Crippen LogP contribution in [0.2, 0.25) is 0 Å². The Morgan fingerprint density at radius 1 is 0.611 bits per heavy atom. The molecule has 6 unspecified atom stereocenters. The monoisotopic (exact) mass is 778 g/mol. The molecular weight excluding hydrogens is 741 g/mol. The van der Waals surface area contributed by atoms with E-state index in [0.29, 0.717) is 29.4 Å². The molecule has 16 nitrogen and oxygen atoms in total. The van der Waals surface area contributed by atoms with E-state index in [1.54, 1.807) is 24.3 Å². The van der Waals surface area contributed by atoms with Crippen LogP contribution in [0.25, 0.3) is 11.1 Å². The first-order valence-corrected chi connectivity index (χ1v) is 21.0. The molecule has 284 valence electrons. The summed E-state index contributed by atoms with van der Waals surface area (Å²) in [6.45, 7) is 0.644. The number of hydrogen-bond donors (Lipinski definition) is 0. The van der Waals surface area contributed by atoms with E-state index in [0.717, 1.165) is 19.3 Å². The van der Waals surface area contributed by atoms with Crippen molar-refractivity contribution in [3.05, 3.63) is 70.7 Å². The Kier molecular flexibility index (Phi) is 10.1. The Morgan fingerprint density at radius 3 is 1.56 bits per heavy atom. The Hall–Kier alpha value is -5.02. The maximum Gasteiger partial charge on any atom is 0.421 e. The lowest BCUT2D eigenvalue weighted by Gasteiger charge is -2.31. The van der Waals surface area contributed by atoms with E-state index in [1.807, 2.05) is 0 Å². The van der Waals surface area contributed by atoms with Crippen molar-refractivity contribution in [1.29, 1.82) is 0 Å². The summed E-state index contributed by atoms with van der Waals surface area (Å²) in [5.41, 5.74) is 18.3. The van der Waals surface area contributed by atoms with Crippen molar-refractivity contribution in [2.45, 2.75) is 51.6 Å². The zero-order chi connectivity index (χ0) is 38.4. The number of ketones is 2. The number of fused-ring (bicyclic) bond motifs is 5. The number of hydrogen-bond acceptors (Lipinski definition) is 10. The fourth-order valence-electron chi connectivity index (χ4n) is 9.26. The fourth-order valence-corrected chi connectivity index (χ4v) is 12.0. The molecule has 2 aromatic rings. The van der Waals surface area contributed by atoms with Gasteiger partial charge in [0.15, 0.2) is 0 Å². The van der Waals surface area contributed by atoms with Crippen molar-refractivity contribution in [2.75, 3.05) is 24.6 Å². The Bertz CT molecular complexity index is 2210. The molecule has 5 fully saturated rings. The second-order valence-corrected chi connectivity index (χ2v) is 18.2. The van der Waals surface area contributed by atoms with Gasteiger partial charge in [-0.1, -0.05) is 24.3 Å². The van der Waals surface area contributed by atoms with E-state index < -0.39 is 55.0 Å². The molecule has 2 aromatic carbocycles. The lowest BCUT2D eigenvalue weighted by molar-refractivity contribution is -0.137. The van der Waals surface area contributed by atoms with Crippen LogP contribution in [0.4, 0.5) is 0 Å². The summed E-state index contributed by atoms with van der Waals surface area (Å²) < 4.78 is 63.5. The van der Waals surface area contributed by atoms with Gasteiger partial charge in [-0.25, -0.2) is 0 Å². The van der Waals surface area contributed by atoms with Crippen LogP contribution in [0.1, 0.15) is 49.7 Å². The van der Waals surface area contributed by atoms with Crippen molar-refractivity contribution in [3.63, 3.8) is 0 Å². The molecule has 3 saturated carbocycles. The minimum Gasteiger partial charge on any atom is -0.382 e. The number of rotatable bonds is 12. The molecule has 0 radical (unpaired) electrons. The summed E-state index contributed by atoms with van der Waals surface area (Å²) in [5.74, 6) is -1.54. The summed E-state index contributed by atoms with van der Waals surface area (Å²) in [4.78, 5) is 56.7. The number of nitrogens with zero attached hydrogens (tertiary/aromatic N) is 6. The summed E-state index contributed by atoms with van der Waals surface area (Å²) >= 11 is 0. The van der Waals surface area contributed by atoms with Crippen molar-refractivity contribution in [2.24, 2.45) is 35.5 Å². The topological polar surface area (TPSA) is 234 Å². The lowest BCUT2D eigenvalue weighted by Crippen LogP contribution is -2.46. The van der Waals surface area contributed by atoms with Gasteiger partial charge in [0.2, 0.25) is 0 Å². The number of carbonyl (C=O) groups excluding carboxylic acids is 4. The van der Waals surface area contributed by atoms with Gasteiger partial charge in [-0.3, -0.25) is 19.2 Å². The molecule has 5 aliphatic rings. The van der Waals surface area contributed by atoms with Gasteiger partial charge in [-0.05, 0) is 96.6 Å². The van der Waals surface area contributed by atoms with Crippen molar-refractivity contribution in [1.82, 2.24) is 9.80 Å². The van der Waals surface area contributed by atoms with Gasteiger partial charge in [0.1, 0.15) is 11.5 Å². The molecule has 2 aliphatic heterocycles. The van der Waals surface area contributed by atoms with Gasteiger partial charge in [-0.15, -0.1) is 0 Å². The Morgan fingerprint density at radius 2 is 1.07 bits per heavy atom. The van der Waals surface area contributed by atoms with Crippen LogP contribution < -0.4 is 8.37 Å². The predicted molar refractivity (Wildman–Crippen MR) is 188 cm³/mol. The summed E-state index contributed by atoms with van der Waals surface area (Å²) in [6.07, 6.45) is 3.18. The summed E-state index contributed by atoms with van der Waals surface area (Å²) in [7, 11) is -7.88. The number of piperidine rings is 2.